The van der Waals surface area contributed by atoms with Crippen molar-refractivity contribution in [3.63, 3.8) is 0 Å². The lowest BCUT2D eigenvalue weighted by Gasteiger charge is -2.06. The van der Waals surface area contributed by atoms with Gasteiger partial charge in [0.25, 0.3) is 0 Å². The smallest absolute Gasteiger partial charge is 0.118 e. The number of aromatic nitrogens is 1. The molecule has 0 spiro atoms. The number of hydrogen-bond donors (Lipinski definition) is 0. The molecule has 20 heavy (non-hydrogen) atoms. The largest absolute Gasteiger partial charge is 0.497 e. The van der Waals surface area contributed by atoms with Crippen LogP contribution in [0.25, 0.3) is 10.9 Å². The number of pyridine rings is 1. The number of ether oxygens (including phenoxy) is 1. The molecule has 0 amide bonds. The van der Waals surface area contributed by atoms with Crippen LogP contribution in [0, 0.1) is 0 Å². The van der Waals surface area contributed by atoms with Gasteiger partial charge in [0.15, 0.2) is 0 Å². The van der Waals surface area contributed by atoms with Crippen LogP contribution in [0.15, 0.2) is 54.7 Å². The topological polar surface area (TPSA) is 22.1 Å². The van der Waals surface area contributed by atoms with Gasteiger partial charge in [-0.05, 0) is 47.9 Å². The molecule has 2 aromatic carbocycles. The highest BCUT2D eigenvalue weighted by molar-refractivity contribution is 6.35. The van der Waals surface area contributed by atoms with E-state index in [1.54, 1.807) is 13.3 Å². The number of benzene rings is 2. The van der Waals surface area contributed by atoms with E-state index in [0.717, 1.165) is 28.1 Å². The Morgan fingerprint density at radius 1 is 1.00 bits per heavy atom. The molecule has 100 valence electrons. The maximum atomic E-state index is 6.22. The van der Waals surface area contributed by atoms with Crippen LogP contribution in [0.4, 0.5) is 0 Å². The summed E-state index contributed by atoms with van der Waals surface area (Å²) in [6, 6.07) is 16.1. The fraction of sp³-hybridized carbons (Fsp3) is 0.118. The van der Waals surface area contributed by atoms with Crippen molar-refractivity contribution in [2.45, 2.75) is 6.42 Å². The van der Waals surface area contributed by atoms with Crippen LogP contribution in [-0.2, 0) is 6.42 Å². The van der Waals surface area contributed by atoms with Crippen molar-refractivity contribution in [1.82, 2.24) is 4.98 Å². The van der Waals surface area contributed by atoms with Gasteiger partial charge in [-0.25, -0.2) is 0 Å². The third-order valence-electron chi connectivity index (χ3n) is 3.32. The molecular formula is C17H14ClNO. The van der Waals surface area contributed by atoms with Gasteiger partial charge in [0.05, 0.1) is 17.6 Å². The van der Waals surface area contributed by atoms with Gasteiger partial charge in [-0.2, -0.15) is 0 Å². The summed E-state index contributed by atoms with van der Waals surface area (Å²) in [5, 5.41) is 1.74. The minimum atomic E-state index is 0.742. The minimum absolute atomic E-state index is 0.742. The minimum Gasteiger partial charge on any atom is -0.497 e. The Morgan fingerprint density at radius 3 is 2.50 bits per heavy atom. The quantitative estimate of drug-likeness (QED) is 0.707. The van der Waals surface area contributed by atoms with Crippen molar-refractivity contribution in [3.05, 3.63) is 70.9 Å². The highest BCUT2D eigenvalue weighted by Crippen LogP contribution is 2.24. The lowest BCUT2D eigenvalue weighted by molar-refractivity contribution is 0.414. The SMILES string of the molecule is COc1ccc(Cc2ccc3nccc(Cl)c3c2)cc1. The Bertz CT molecular complexity index is 738. The highest BCUT2D eigenvalue weighted by atomic mass is 35.5. The Kier molecular flexibility index (Phi) is 3.57. The predicted molar refractivity (Wildman–Crippen MR) is 82.6 cm³/mol. The fourth-order valence-corrected chi connectivity index (χ4v) is 2.46. The summed E-state index contributed by atoms with van der Waals surface area (Å²) in [7, 11) is 1.67. The van der Waals surface area contributed by atoms with E-state index in [4.69, 9.17) is 16.3 Å². The van der Waals surface area contributed by atoms with Crippen LogP contribution in [0.3, 0.4) is 0 Å². The summed E-state index contributed by atoms with van der Waals surface area (Å²) >= 11 is 6.22. The molecule has 0 fully saturated rings. The highest BCUT2D eigenvalue weighted by Gasteiger charge is 2.03. The molecule has 0 aliphatic carbocycles. The van der Waals surface area contributed by atoms with Crippen molar-refractivity contribution in [3.8, 4) is 5.75 Å². The number of methoxy groups -OCH3 is 1. The first kappa shape index (κ1) is 12.9. The molecule has 3 aromatic rings. The molecule has 0 atom stereocenters. The molecule has 3 rings (SSSR count). The summed E-state index contributed by atoms with van der Waals surface area (Å²) in [4.78, 5) is 4.31. The molecular weight excluding hydrogens is 270 g/mol. The molecule has 0 radical (unpaired) electrons. The van der Waals surface area contributed by atoms with Crippen molar-refractivity contribution in [1.29, 1.82) is 0 Å². The zero-order valence-electron chi connectivity index (χ0n) is 11.1. The standard InChI is InChI=1S/C17H14ClNO/c1-20-14-5-2-12(3-6-14)10-13-4-7-17-15(11-13)16(18)8-9-19-17/h2-9,11H,10H2,1H3. The van der Waals surface area contributed by atoms with E-state index in [1.165, 1.54) is 11.1 Å². The molecule has 0 N–H and O–H groups in total. The molecule has 0 saturated carbocycles. The Balaban J connectivity index is 1.92. The first-order chi connectivity index (χ1) is 9.76. The number of rotatable bonds is 3. The number of hydrogen-bond acceptors (Lipinski definition) is 2. The number of nitrogens with zero attached hydrogens (tertiary/aromatic N) is 1. The van der Waals surface area contributed by atoms with Gasteiger partial charge in [0.2, 0.25) is 0 Å². The molecule has 1 aromatic heterocycles. The summed E-state index contributed by atoms with van der Waals surface area (Å²) in [6.45, 7) is 0. The van der Waals surface area contributed by atoms with Gasteiger partial charge in [-0.3, -0.25) is 4.98 Å². The first-order valence-corrected chi connectivity index (χ1v) is 6.80. The molecule has 1 heterocycles. The van der Waals surface area contributed by atoms with Crippen LogP contribution in [-0.4, -0.2) is 12.1 Å². The number of halogens is 1. The third kappa shape index (κ3) is 2.61. The van der Waals surface area contributed by atoms with Crippen molar-refractivity contribution >= 4 is 22.5 Å². The predicted octanol–water partition coefficient (Wildman–Crippen LogP) is 4.49. The monoisotopic (exact) mass is 283 g/mol. The summed E-state index contributed by atoms with van der Waals surface area (Å²) in [6.07, 6.45) is 2.60. The van der Waals surface area contributed by atoms with E-state index in [1.807, 2.05) is 24.3 Å². The van der Waals surface area contributed by atoms with Gasteiger partial charge in [0.1, 0.15) is 5.75 Å². The van der Waals surface area contributed by atoms with Crippen molar-refractivity contribution in [2.75, 3.05) is 7.11 Å². The van der Waals surface area contributed by atoms with Gasteiger partial charge < -0.3 is 4.74 Å². The van der Waals surface area contributed by atoms with Gasteiger partial charge in [-0.1, -0.05) is 29.8 Å². The summed E-state index contributed by atoms with van der Waals surface area (Å²) in [5.74, 6) is 0.875. The van der Waals surface area contributed by atoms with Crippen molar-refractivity contribution < 1.29 is 4.74 Å². The molecule has 0 aliphatic rings. The van der Waals surface area contributed by atoms with E-state index in [0.29, 0.717) is 0 Å². The molecule has 3 heteroatoms. The van der Waals surface area contributed by atoms with Gasteiger partial charge >= 0.3 is 0 Å². The van der Waals surface area contributed by atoms with E-state index >= 15 is 0 Å². The zero-order valence-corrected chi connectivity index (χ0v) is 11.9. The Labute approximate surface area is 123 Å². The second-order valence-electron chi connectivity index (χ2n) is 4.67. The second-order valence-corrected chi connectivity index (χ2v) is 5.08. The third-order valence-corrected chi connectivity index (χ3v) is 3.65. The summed E-state index contributed by atoms with van der Waals surface area (Å²) in [5.41, 5.74) is 3.39. The van der Waals surface area contributed by atoms with E-state index < -0.39 is 0 Å². The number of fused-ring (bicyclic) bond motifs is 1. The van der Waals surface area contributed by atoms with Crippen LogP contribution in [0.1, 0.15) is 11.1 Å². The Morgan fingerprint density at radius 2 is 1.75 bits per heavy atom. The second kappa shape index (κ2) is 5.51. The van der Waals surface area contributed by atoms with Crippen molar-refractivity contribution in [2.24, 2.45) is 0 Å². The Hall–Kier alpha value is -2.06. The average molecular weight is 284 g/mol. The first-order valence-electron chi connectivity index (χ1n) is 6.42. The van der Waals surface area contributed by atoms with Crippen LogP contribution in [0.5, 0.6) is 5.75 Å². The molecule has 2 nitrogen and oxygen atoms in total. The normalized spacial score (nSPS) is 10.7. The zero-order chi connectivity index (χ0) is 13.9. The van der Waals surface area contributed by atoms with E-state index in [2.05, 4.69) is 29.2 Å². The van der Waals surface area contributed by atoms with Crippen LogP contribution < -0.4 is 4.74 Å². The molecule has 0 bridgehead atoms. The van der Waals surface area contributed by atoms with Gasteiger partial charge in [0, 0.05) is 11.6 Å². The lowest BCUT2D eigenvalue weighted by Crippen LogP contribution is -1.90. The van der Waals surface area contributed by atoms with E-state index in [-0.39, 0.29) is 0 Å². The maximum Gasteiger partial charge on any atom is 0.118 e. The fourth-order valence-electron chi connectivity index (χ4n) is 2.25. The van der Waals surface area contributed by atoms with Gasteiger partial charge in [-0.15, -0.1) is 0 Å². The lowest BCUT2D eigenvalue weighted by atomic mass is 10.0. The molecule has 0 saturated heterocycles. The van der Waals surface area contributed by atoms with Crippen LogP contribution >= 0.6 is 11.6 Å². The average Bonchev–Trinajstić information content (AvgIpc) is 2.49. The van der Waals surface area contributed by atoms with Crippen LogP contribution in [0.2, 0.25) is 5.02 Å². The van der Waals surface area contributed by atoms with E-state index in [9.17, 15) is 0 Å². The summed E-state index contributed by atoms with van der Waals surface area (Å²) < 4.78 is 5.17. The maximum absolute atomic E-state index is 6.22. The molecule has 0 unspecified atom stereocenters. The molecule has 0 aliphatic heterocycles.